The summed E-state index contributed by atoms with van der Waals surface area (Å²) in [4.78, 5) is 11.4. The highest BCUT2D eigenvalue weighted by molar-refractivity contribution is 9.10. The highest BCUT2D eigenvalue weighted by Crippen LogP contribution is 2.32. The molecule has 7 heteroatoms. The molecule has 1 aromatic heterocycles. The Balaban J connectivity index is 2.94. The van der Waals surface area contributed by atoms with Crippen molar-refractivity contribution < 1.29 is 13.2 Å². The van der Waals surface area contributed by atoms with E-state index in [1.54, 1.807) is 0 Å². The van der Waals surface area contributed by atoms with Gasteiger partial charge in [-0.05, 0) is 28.3 Å². The fourth-order valence-corrected chi connectivity index (χ4v) is 2.64. The molecule has 0 fully saturated rings. The lowest BCUT2D eigenvalue weighted by molar-refractivity contribution is -0.139. The maximum Gasteiger partial charge on any atom is 0.424 e. The average Bonchev–Trinajstić information content (AvgIpc) is 2.58. The van der Waals surface area contributed by atoms with E-state index in [1.807, 2.05) is 6.92 Å². The highest BCUT2D eigenvalue weighted by atomic mass is 79.9. The first kappa shape index (κ1) is 16.3. The molecular formula is C12H18BrF3N2O. The Kier molecular flexibility index (Phi) is 5.70. The van der Waals surface area contributed by atoms with Crippen LogP contribution in [0.3, 0.4) is 0 Å². The van der Waals surface area contributed by atoms with Gasteiger partial charge in [0.05, 0.1) is 0 Å². The summed E-state index contributed by atoms with van der Waals surface area (Å²) in [6.45, 7) is 4.46. The van der Waals surface area contributed by atoms with Crippen LogP contribution < -0.4 is 5.56 Å². The topological polar surface area (TPSA) is 37.8 Å². The van der Waals surface area contributed by atoms with Crippen LogP contribution in [0.2, 0.25) is 0 Å². The molecule has 1 N–H and O–H groups in total. The Hall–Kier alpha value is -0.720. The third kappa shape index (κ3) is 4.12. The normalized spacial score (nSPS) is 13.8. The van der Waals surface area contributed by atoms with Gasteiger partial charge in [0.2, 0.25) is 0 Å². The molecule has 110 valence electrons. The van der Waals surface area contributed by atoms with Gasteiger partial charge >= 0.3 is 6.18 Å². The molecule has 0 amide bonds. The summed E-state index contributed by atoms with van der Waals surface area (Å²) < 4.78 is 39.1. The van der Waals surface area contributed by atoms with E-state index in [0.717, 1.165) is 25.7 Å². The fourth-order valence-electron chi connectivity index (χ4n) is 2.00. The van der Waals surface area contributed by atoms with Gasteiger partial charge in [0, 0.05) is 6.54 Å². The molecule has 1 aromatic rings. The zero-order chi connectivity index (χ0) is 14.6. The van der Waals surface area contributed by atoms with Crippen LogP contribution in [-0.2, 0) is 12.7 Å². The molecule has 1 rings (SSSR count). The van der Waals surface area contributed by atoms with Gasteiger partial charge in [-0.2, -0.15) is 13.2 Å². The molecule has 0 bridgehead atoms. The molecule has 1 heterocycles. The van der Waals surface area contributed by atoms with Crippen LogP contribution in [0.25, 0.3) is 0 Å². The van der Waals surface area contributed by atoms with E-state index in [-0.39, 0.29) is 10.5 Å². The van der Waals surface area contributed by atoms with Crippen LogP contribution >= 0.6 is 15.9 Å². The maximum absolute atomic E-state index is 12.7. The second kappa shape index (κ2) is 6.63. The smallest absolute Gasteiger partial charge is 0.277 e. The van der Waals surface area contributed by atoms with Crippen LogP contribution in [0.15, 0.2) is 9.40 Å². The average molecular weight is 343 g/mol. The van der Waals surface area contributed by atoms with Crippen molar-refractivity contribution in [2.45, 2.75) is 52.3 Å². The van der Waals surface area contributed by atoms with Crippen LogP contribution in [0, 0.1) is 5.92 Å². The second-order valence-corrected chi connectivity index (χ2v) is 5.38. The third-order valence-corrected chi connectivity index (χ3v) is 4.00. The lowest BCUT2D eigenvalue weighted by Gasteiger charge is -2.15. The molecular weight excluding hydrogens is 325 g/mol. The van der Waals surface area contributed by atoms with E-state index in [2.05, 4.69) is 28.0 Å². The molecule has 0 aliphatic carbocycles. The quantitative estimate of drug-likeness (QED) is 0.827. The van der Waals surface area contributed by atoms with Crippen molar-refractivity contribution in [1.29, 1.82) is 0 Å². The van der Waals surface area contributed by atoms with Gasteiger partial charge < -0.3 is 0 Å². The number of aromatic amines is 1. The van der Waals surface area contributed by atoms with Crippen molar-refractivity contribution in [3.63, 3.8) is 0 Å². The molecule has 0 aliphatic heterocycles. The molecule has 1 atom stereocenters. The van der Waals surface area contributed by atoms with Crippen molar-refractivity contribution in [2.75, 3.05) is 0 Å². The monoisotopic (exact) mass is 342 g/mol. The number of nitrogens with zero attached hydrogens (tertiary/aromatic N) is 1. The highest BCUT2D eigenvalue weighted by Gasteiger charge is 2.38. The van der Waals surface area contributed by atoms with E-state index < -0.39 is 17.3 Å². The number of nitrogens with one attached hydrogen (secondary N) is 1. The summed E-state index contributed by atoms with van der Waals surface area (Å²) in [7, 11) is 0. The van der Waals surface area contributed by atoms with E-state index in [0.29, 0.717) is 6.54 Å². The van der Waals surface area contributed by atoms with Crippen LogP contribution in [0.5, 0.6) is 0 Å². The van der Waals surface area contributed by atoms with E-state index in [4.69, 9.17) is 0 Å². The zero-order valence-corrected chi connectivity index (χ0v) is 12.6. The standard InChI is InChI=1S/C12H18BrF3N2O/c1-3-5-6-8(4-2)7-18-10(13)9(11(19)17-18)12(14,15)16/h8H,3-7H2,1-2H3,(H,17,19). The Morgan fingerprint density at radius 3 is 2.42 bits per heavy atom. The van der Waals surface area contributed by atoms with Gasteiger partial charge in [0.25, 0.3) is 5.56 Å². The van der Waals surface area contributed by atoms with Gasteiger partial charge in [-0.1, -0.05) is 33.1 Å². The predicted octanol–water partition coefficient (Wildman–Crippen LogP) is 4.17. The number of rotatable bonds is 6. The number of H-pyrrole nitrogens is 1. The first-order valence-corrected chi connectivity index (χ1v) is 7.16. The Labute approximate surface area is 118 Å². The largest absolute Gasteiger partial charge is 0.424 e. The summed E-state index contributed by atoms with van der Waals surface area (Å²) in [5, 5.41) is 2.25. The minimum Gasteiger partial charge on any atom is -0.277 e. The molecule has 0 aliphatic rings. The van der Waals surface area contributed by atoms with Crippen LogP contribution in [-0.4, -0.2) is 9.78 Å². The van der Waals surface area contributed by atoms with Crippen molar-refractivity contribution in [2.24, 2.45) is 5.92 Å². The summed E-state index contributed by atoms with van der Waals surface area (Å²) in [5.41, 5.74) is -2.25. The Morgan fingerprint density at radius 1 is 1.37 bits per heavy atom. The predicted molar refractivity (Wildman–Crippen MR) is 71.1 cm³/mol. The number of halogens is 4. The first-order chi connectivity index (χ1) is 8.81. The second-order valence-electron chi connectivity index (χ2n) is 4.63. The van der Waals surface area contributed by atoms with Gasteiger partial charge in [0.15, 0.2) is 5.56 Å². The van der Waals surface area contributed by atoms with Gasteiger partial charge in [-0.3, -0.25) is 14.6 Å². The van der Waals surface area contributed by atoms with Crippen LogP contribution in [0.1, 0.15) is 45.1 Å². The van der Waals surface area contributed by atoms with E-state index in [1.165, 1.54) is 4.68 Å². The lowest BCUT2D eigenvalue weighted by Crippen LogP contribution is -2.17. The minimum absolute atomic E-state index is 0.208. The van der Waals surface area contributed by atoms with E-state index in [9.17, 15) is 18.0 Å². The van der Waals surface area contributed by atoms with Gasteiger partial charge in [-0.15, -0.1) is 0 Å². The zero-order valence-electron chi connectivity index (χ0n) is 11.0. The van der Waals surface area contributed by atoms with Crippen molar-refractivity contribution >= 4 is 15.9 Å². The van der Waals surface area contributed by atoms with Gasteiger partial charge in [0.1, 0.15) is 4.60 Å². The summed E-state index contributed by atoms with van der Waals surface area (Å²) in [5.74, 6) is 0.264. The number of aromatic nitrogens is 2. The molecule has 3 nitrogen and oxygen atoms in total. The Bertz CT molecular complexity index is 465. The number of alkyl halides is 3. The third-order valence-electron chi connectivity index (χ3n) is 3.17. The number of unbranched alkanes of at least 4 members (excludes halogenated alkanes) is 1. The molecule has 0 saturated carbocycles. The lowest BCUT2D eigenvalue weighted by atomic mass is 9.99. The molecule has 0 saturated heterocycles. The van der Waals surface area contributed by atoms with Crippen LogP contribution in [0.4, 0.5) is 13.2 Å². The first-order valence-electron chi connectivity index (χ1n) is 6.36. The molecule has 19 heavy (non-hydrogen) atoms. The molecule has 0 spiro atoms. The molecule has 1 unspecified atom stereocenters. The SMILES string of the molecule is CCCCC(CC)Cn1[nH]c(=O)c(C(F)(F)F)c1Br. The fraction of sp³-hybridized carbons (Fsp3) is 0.750. The van der Waals surface area contributed by atoms with Crippen molar-refractivity contribution in [1.82, 2.24) is 9.78 Å². The van der Waals surface area contributed by atoms with E-state index >= 15 is 0 Å². The van der Waals surface area contributed by atoms with Crippen molar-refractivity contribution in [3.05, 3.63) is 20.5 Å². The number of hydrogen-bond donors (Lipinski definition) is 1. The number of hydrogen-bond acceptors (Lipinski definition) is 1. The summed E-state index contributed by atoms with van der Waals surface area (Å²) >= 11 is 2.88. The molecule has 0 aromatic carbocycles. The van der Waals surface area contributed by atoms with Gasteiger partial charge in [-0.25, -0.2) is 0 Å². The van der Waals surface area contributed by atoms with Crippen molar-refractivity contribution in [3.8, 4) is 0 Å². The summed E-state index contributed by atoms with van der Waals surface area (Å²) in [6, 6.07) is 0. The maximum atomic E-state index is 12.7. The Morgan fingerprint density at radius 2 is 2.00 bits per heavy atom. The molecule has 0 radical (unpaired) electrons. The summed E-state index contributed by atoms with van der Waals surface area (Å²) in [6.07, 6.45) is -0.737. The minimum atomic E-state index is -4.64.